The zero-order chi connectivity index (χ0) is 17.8. The molecule has 1 heterocycles. The van der Waals surface area contributed by atoms with Crippen LogP contribution in [-0.2, 0) is 9.59 Å². The molecule has 134 valence electrons. The molecule has 5 nitrogen and oxygen atoms in total. The van der Waals surface area contributed by atoms with Crippen molar-refractivity contribution < 1.29 is 14.7 Å². The first-order valence-electron chi connectivity index (χ1n) is 9.12. The maximum atomic E-state index is 12.6. The summed E-state index contributed by atoms with van der Waals surface area (Å²) in [5.41, 5.74) is 2.26. The van der Waals surface area contributed by atoms with Crippen LogP contribution >= 0.6 is 0 Å². The molecule has 1 atom stereocenters. The van der Waals surface area contributed by atoms with E-state index in [1.165, 1.54) is 5.57 Å². The van der Waals surface area contributed by atoms with Crippen molar-refractivity contribution in [3.63, 3.8) is 0 Å². The summed E-state index contributed by atoms with van der Waals surface area (Å²) in [5, 5.41) is 12.3. The van der Waals surface area contributed by atoms with E-state index in [2.05, 4.69) is 11.4 Å². The largest absolute Gasteiger partial charge is 0.508 e. The second-order valence-corrected chi connectivity index (χ2v) is 7.02. The van der Waals surface area contributed by atoms with Gasteiger partial charge in [0.15, 0.2) is 0 Å². The third kappa shape index (κ3) is 4.21. The minimum absolute atomic E-state index is 0.0210. The molecule has 25 heavy (non-hydrogen) atoms. The van der Waals surface area contributed by atoms with Crippen LogP contribution in [0.5, 0.6) is 5.75 Å². The van der Waals surface area contributed by atoms with Crippen molar-refractivity contribution in [1.29, 1.82) is 0 Å². The number of hydrogen-bond donors (Lipinski definition) is 2. The second kappa shape index (κ2) is 7.72. The van der Waals surface area contributed by atoms with E-state index in [1.807, 2.05) is 12.1 Å². The van der Waals surface area contributed by atoms with Gasteiger partial charge >= 0.3 is 0 Å². The van der Waals surface area contributed by atoms with Gasteiger partial charge in [0.1, 0.15) is 11.8 Å². The Kier molecular flexibility index (Phi) is 5.41. The highest BCUT2D eigenvalue weighted by atomic mass is 16.3. The summed E-state index contributed by atoms with van der Waals surface area (Å²) in [6, 6.07) is 6.66. The summed E-state index contributed by atoms with van der Waals surface area (Å²) in [5.74, 6) is 0.337. The number of carbonyl (C=O) groups excluding carboxylic acids is 2. The van der Waals surface area contributed by atoms with Gasteiger partial charge in [-0.1, -0.05) is 31.1 Å². The Balaban J connectivity index is 1.55. The molecule has 0 bridgehead atoms. The predicted molar refractivity (Wildman–Crippen MR) is 96.8 cm³/mol. The minimum atomic E-state index is -0.475. The number of hydrogen-bond acceptors (Lipinski definition) is 3. The molecule has 5 heteroatoms. The van der Waals surface area contributed by atoms with Crippen molar-refractivity contribution in [3.8, 4) is 5.75 Å². The number of amides is 2. The van der Waals surface area contributed by atoms with Crippen LogP contribution in [0.1, 0.15) is 44.6 Å². The topological polar surface area (TPSA) is 69.6 Å². The SMILES string of the molecule is CC(NC(=O)C1CCCC1)C(=O)N1CC=C(c2ccc(O)cc2)CC1. The van der Waals surface area contributed by atoms with Gasteiger partial charge in [0, 0.05) is 19.0 Å². The normalized spacial score (nSPS) is 19.4. The van der Waals surface area contributed by atoms with Gasteiger partial charge in [-0.05, 0) is 49.5 Å². The highest BCUT2D eigenvalue weighted by Crippen LogP contribution is 2.26. The lowest BCUT2D eigenvalue weighted by Gasteiger charge is -2.29. The molecule has 0 saturated heterocycles. The molecular weight excluding hydrogens is 316 g/mol. The lowest BCUT2D eigenvalue weighted by Crippen LogP contribution is -2.49. The smallest absolute Gasteiger partial charge is 0.245 e. The highest BCUT2D eigenvalue weighted by molar-refractivity contribution is 5.88. The Morgan fingerprint density at radius 1 is 1.20 bits per heavy atom. The van der Waals surface area contributed by atoms with Gasteiger partial charge in [-0.2, -0.15) is 0 Å². The van der Waals surface area contributed by atoms with Crippen LogP contribution in [0.2, 0.25) is 0 Å². The average molecular weight is 342 g/mol. The molecule has 1 unspecified atom stereocenters. The lowest BCUT2D eigenvalue weighted by atomic mass is 9.99. The molecule has 1 aliphatic carbocycles. The number of phenolic OH excluding ortho intramolecular Hbond substituents is 1. The van der Waals surface area contributed by atoms with Crippen molar-refractivity contribution in [2.24, 2.45) is 5.92 Å². The zero-order valence-electron chi connectivity index (χ0n) is 14.7. The van der Waals surface area contributed by atoms with Gasteiger partial charge in [0.2, 0.25) is 11.8 Å². The summed E-state index contributed by atoms with van der Waals surface area (Å²) >= 11 is 0. The molecule has 1 aromatic rings. The van der Waals surface area contributed by atoms with E-state index in [4.69, 9.17) is 0 Å². The van der Waals surface area contributed by atoms with Gasteiger partial charge in [0.25, 0.3) is 0 Å². The maximum Gasteiger partial charge on any atom is 0.245 e. The molecule has 1 aromatic carbocycles. The van der Waals surface area contributed by atoms with Gasteiger partial charge in [0.05, 0.1) is 0 Å². The third-order valence-corrected chi connectivity index (χ3v) is 5.21. The van der Waals surface area contributed by atoms with Crippen LogP contribution in [0.3, 0.4) is 0 Å². The Labute approximate surface area is 148 Å². The van der Waals surface area contributed by atoms with Crippen molar-refractivity contribution in [1.82, 2.24) is 10.2 Å². The first-order valence-corrected chi connectivity index (χ1v) is 9.12. The summed E-state index contributed by atoms with van der Waals surface area (Å²) in [4.78, 5) is 26.6. The number of nitrogens with zero attached hydrogens (tertiary/aromatic N) is 1. The molecule has 0 aromatic heterocycles. The summed E-state index contributed by atoms with van der Waals surface area (Å²) in [6.07, 6.45) is 6.93. The van der Waals surface area contributed by atoms with Gasteiger partial charge in [-0.3, -0.25) is 9.59 Å². The number of phenols is 1. The molecule has 1 fully saturated rings. The van der Waals surface area contributed by atoms with Crippen LogP contribution in [-0.4, -0.2) is 41.0 Å². The second-order valence-electron chi connectivity index (χ2n) is 7.02. The van der Waals surface area contributed by atoms with Crippen molar-refractivity contribution in [2.45, 2.75) is 45.1 Å². The fourth-order valence-corrected chi connectivity index (χ4v) is 3.66. The standard InChI is InChI=1S/C20H26N2O3/c1-14(21-19(24)17-4-2-3-5-17)20(25)22-12-10-16(11-13-22)15-6-8-18(23)9-7-15/h6-10,14,17,23H,2-5,11-13H2,1H3,(H,21,24). The van der Waals surface area contributed by atoms with E-state index >= 15 is 0 Å². The molecule has 0 spiro atoms. The number of rotatable bonds is 4. The molecule has 2 N–H and O–H groups in total. The van der Waals surface area contributed by atoms with Crippen LogP contribution in [0, 0.1) is 5.92 Å². The Morgan fingerprint density at radius 2 is 1.88 bits per heavy atom. The van der Waals surface area contributed by atoms with Gasteiger partial charge < -0.3 is 15.3 Å². The number of carbonyl (C=O) groups is 2. The number of benzene rings is 1. The first kappa shape index (κ1) is 17.5. The fraction of sp³-hybridized carbons (Fsp3) is 0.500. The molecule has 2 amide bonds. The summed E-state index contributed by atoms with van der Waals surface area (Å²) in [7, 11) is 0. The molecule has 1 aliphatic heterocycles. The number of nitrogens with one attached hydrogen (secondary N) is 1. The Hall–Kier alpha value is -2.30. The van der Waals surface area contributed by atoms with Crippen LogP contribution in [0.25, 0.3) is 5.57 Å². The van der Waals surface area contributed by atoms with E-state index in [0.29, 0.717) is 13.1 Å². The summed E-state index contributed by atoms with van der Waals surface area (Å²) in [6.45, 7) is 2.97. The van der Waals surface area contributed by atoms with Crippen LogP contribution < -0.4 is 5.32 Å². The molecule has 2 aliphatic rings. The quantitative estimate of drug-likeness (QED) is 0.884. The van der Waals surface area contributed by atoms with E-state index in [-0.39, 0.29) is 23.5 Å². The van der Waals surface area contributed by atoms with Gasteiger partial charge in [-0.25, -0.2) is 0 Å². The van der Waals surface area contributed by atoms with E-state index in [9.17, 15) is 14.7 Å². The molecular formula is C20H26N2O3. The van der Waals surface area contributed by atoms with Crippen LogP contribution in [0.15, 0.2) is 30.3 Å². The van der Waals surface area contributed by atoms with E-state index in [0.717, 1.165) is 37.7 Å². The van der Waals surface area contributed by atoms with Crippen LogP contribution in [0.4, 0.5) is 0 Å². The highest BCUT2D eigenvalue weighted by Gasteiger charge is 2.28. The maximum absolute atomic E-state index is 12.6. The Bertz CT molecular complexity index is 660. The van der Waals surface area contributed by atoms with E-state index < -0.39 is 6.04 Å². The lowest BCUT2D eigenvalue weighted by molar-refractivity contribution is -0.136. The fourth-order valence-electron chi connectivity index (χ4n) is 3.66. The molecule has 1 saturated carbocycles. The predicted octanol–water partition coefficient (Wildman–Crippen LogP) is 2.70. The zero-order valence-corrected chi connectivity index (χ0v) is 14.7. The monoisotopic (exact) mass is 342 g/mol. The van der Waals surface area contributed by atoms with Crippen molar-refractivity contribution >= 4 is 17.4 Å². The van der Waals surface area contributed by atoms with Gasteiger partial charge in [-0.15, -0.1) is 0 Å². The molecule has 3 rings (SSSR count). The Morgan fingerprint density at radius 3 is 2.48 bits per heavy atom. The minimum Gasteiger partial charge on any atom is -0.508 e. The van der Waals surface area contributed by atoms with E-state index in [1.54, 1.807) is 24.0 Å². The third-order valence-electron chi connectivity index (χ3n) is 5.21. The van der Waals surface area contributed by atoms with Crippen molar-refractivity contribution in [2.75, 3.05) is 13.1 Å². The van der Waals surface area contributed by atoms with Crippen molar-refractivity contribution in [3.05, 3.63) is 35.9 Å². The number of aromatic hydroxyl groups is 1. The summed E-state index contributed by atoms with van der Waals surface area (Å²) < 4.78 is 0. The first-order chi connectivity index (χ1) is 12.0. The average Bonchev–Trinajstić information content (AvgIpc) is 3.17. The molecule has 0 radical (unpaired) electrons.